The number of benzene rings is 1. The van der Waals surface area contributed by atoms with E-state index in [-0.39, 0.29) is 31.1 Å². The summed E-state index contributed by atoms with van der Waals surface area (Å²) in [4.78, 5) is 23.1. The predicted molar refractivity (Wildman–Crippen MR) is 86.5 cm³/mol. The van der Waals surface area contributed by atoms with Crippen molar-refractivity contribution in [3.8, 4) is 11.5 Å². The SMILES string of the molecule is COc1cc(CNC(=O)COC(=O)CCC(C)C)ccc1OC(F)F. The molecule has 0 saturated heterocycles. The van der Waals surface area contributed by atoms with Gasteiger partial charge in [0.25, 0.3) is 5.91 Å². The largest absolute Gasteiger partial charge is 0.493 e. The second kappa shape index (κ2) is 10.5. The van der Waals surface area contributed by atoms with Crippen LogP contribution in [0, 0.1) is 5.92 Å². The molecule has 1 aromatic carbocycles. The highest BCUT2D eigenvalue weighted by Crippen LogP contribution is 2.29. The normalized spacial score (nSPS) is 10.7. The van der Waals surface area contributed by atoms with Crippen LogP contribution in [0.2, 0.25) is 0 Å². The number of amides is 1. The topological polar surface area (TPSA) is 73.9 Å². The number of carbonyl (C=O) groups excluding carboxylic acids is 2. The van der Waals surface area contributed by atoms with E-state index < -0.39 is 18.5 Å². The zero-order valence-corrected chi connectivity index (χ0v) is 14.5. The average Bonchev–Trinajstić information content (AvgIpc) is 2.56. The van der Waals surface area contributed by atoms with Gasteiger partial charge < -0.3 is 19.5 Å². The molecule has 1 N–H and O–H groups in total. The number of hydrogen-bond acceptors (Lipinski definition) is 5. The fourth-order valence-electron chi connectivity index (χ4n) is 1.89. The molecule has 0 aliphatic carbocycles. The number of halogens is 2. The molecule has 0 saturated carbocycles. The smallest absolute Gasteiger partial charge is 0.387 e. The van der Waals surface area contributed by atoms with E-state index >= 15 is 0 Å². The Kier molecular flexibility index (Phi) is 8.66. The lowest BCUT2D eigenvalue weighted by molar-refractivity contribution is -0.148. The van der Waals surface area contributed by atoms with Gasteiger partial charge in [0.05, 0.1) is 7.11 Å². The fraction of sp³-hybridized carbons (Fsp3) is 0.529. The Morgan fingerprint density at radius 2 is 1.92 bits per heavy atom. The Morgan fingerprint density at radius 1 is 1.20 bits per heavy atom. The monoisotopic (exact) mass is 359 g/mol. The minimum absolute atomic E-state index is 0.0911. The molecule has 1 amide bonds. The number of esters is 1. The molecular formula is C17H23F2NO5. The Morgan fingerprint density at radius 3 is 2.52 bits per heavy atom. The van der Waals surface area contributed by atoms with Crippen LogP contribution in [0.15, 0.2) is 18.2 Å². The van der Waals surface area contributed by atoms with Gasteiger partial charge >= 0.3 is 12.6 Å². The highest BCUT2D eigenvalue weighted by molar-refractivity contribution is 5.80. The maximum absolute atomic E-state index is 12.3. The summed E-state index contributed by atoms with van der Waals surface area (Å²) >= 11 is 0. The van der Waals surface area contributed by atoms with Crippen LogP contribution in [0.4, 0.5) is 8.78 Å². The Balaban J connectivity index is 2.44. The molecule has 140 valence electrons. The standard InChI is InChI=1S/C17H23F2NO5/c1-11(2)4-7-16(22)24-10-15(21)20-9-12-5-6-13(25-17(18)19)14(8-12)23-3/h5-6,8,11,17H,4,7,9-10H2,1-3H3,(H,20,21). The van der Waals surface area contributed by atoms with Gasteiger partial charge in [0.15, 0.2) is 18.1 Å². The van der Waals surface area contributed by atoms with Crippen LogP contribution in [0.5, 0.6) is 11.5 Å². The van der Waals surface area contributed by atoms with Gasteiger partial charge in [0.2, 0.25) is 0 Å². The molecule has 0 unspecified atom stereocenters. The first-order valence-corrected chi connectivity index (χ1v) is 7.85. The molecule has 0 aliphatic rings. The molecule has 25 heavy (non-hydrogen) atoms. The van der Waals surface area contributed by atoms with Gasteiger partial charge in [0, 0.05) is 13.0 Å². The number of alkyl halides is 2. The van der Waals surface area contributed by atoms with E-state index in [1.54, 1.807) is 0 Å². The van der Waals surface area contributed by atoms with Gasteiger partial charge in [-0.25, -0.2) is 0 Å². The van der Waals surface area contributed by atoms with Crippen LogP contribution in [0.3, 0.4) is 0 Å². The van der Waals surface area contributed by atoms with Crippen molar-refractivity contribution in [2.45, 2.75) is 39.8 Å². The van der Waals surface area contributed by atoms with Crippen LogP contribution < -0.4 is 14.8 Å². The lowest BCUT2D eigenvalue weighted by atomic mass is 10.1. The van der Waals surface area contributed by atoms with Crippen LogP contribution in [-0.4, -0.2) is 32.2 Å². The number of methoxy groups -OCH3 is 1. The Bertz CT molecular complexity index is 578. The van der Waals surface area contributed by atoms with Crippen molar-refractivity contribution in [3.63, 3.8) is 0 Å². The van der Waals surface area contributed by atoms with Crippen molar-refractivity contribution >= 4 is 11.9 Å². The van der Waals surface area contributed by atoms with Gasteiger partial charge in [-0.3, -0.25) is 9.59 Å². The van der Waals surface area contributed by atoms with Crippen LogP contribution in [0.25, 0.3) is 0 Å². The van der Waals surface area contributed by atoms with E-state index in [1.807, 2.05) is 13.8 Å². The maximum Gasteiger partial charge on any atom is 0.387 e. The highest BCUT2D eigenvalue weighted by atomic mass is 19.3. The van der Waals surface area contributed by atoms with Gasteiger partial charge in [-0.15, -0.1) is 0 Å². The highest BCUT2D eigenvalue weighted by Gasteiger charge is 2.12. The predicted octanol–water partition coefficient (Wildman–Crippen LogP) is 2.89. The fourth-order valence-corrected chi connectivity index (χ4v) is 1.89. The first-order chi connectivity index (χ1) is 11.8. The first-order valence-electron chi connectivity index (χ1n) is 7.85. The van der Waals surface area contributed by atoms with Gasteiger partial charge in [0.1, 0.15) is 0 Å². The van der Waals surface area contributed by atoms with Crippen molar-refractivity contribution < 1.29 is 32.6 Å². The van der Waals surface area contributed by atoms with Gasteiger partial charge in [-0.2, -0.15) is 8.78 Å². The number of rotatable bonds is 10. The molecule has 0 bridgehead atoms. The van der Waals surface area contributed by atoms with E-state index in [1.165, 1.54) is 25.3 Å². The summed E-state index contributed by atoms with van der Waals surface area (Å²) in [6, 6.07) is 4.33. The number of carbonyl (C=O) groups is 2. The summed E-state index contributed by atoms with van der Waals surface area (Å²) in [5.41, 5.74) is 0.623. The Hall–Kier alpha value is -2.38. The number of hydrogen-bond donors (Lipinski definition) is 1. The lowest BCUT2D eigenvalue weighted by Gasteiger charge is -2.12. The first kappa shape index (κ1) is 20.7. The maximum atomic E-state index is 12.3. The van der Waals surface area contributed by atoms with Crippen molar-refractivity contribution in [2.75, 3.05) is 13.7 Å². The second-order valence-electron chi connectivity index (χ2n) is 5.73. The molecule has 0 heterocycles. The molecule has 1 rings (SSSR count). The quantitative estimate of drug-likeness (QED) is 0.650. The average molecular weight is 359 g/mol. The summed E-state index contributed by atoms with van der Waals surface area (Å²) in [5.74, 6) is -0.448. The Labute approximate surface area is 145 Å². The summed E-state index contributed by atoms with van der Waals surface area (Å²) in [6.07, 6.45) is 0.973. The zero-order chi connectivity index (χ0) is 18.8. The van der Waals surface area contributed by atoms with Crippen molar-refractivity contribution in [1.29, 1.82) is 0 Å². The molecule has 0 spiro atoms. The summed E-state index contributed by atoms with van der Waals surface area (Å²) in [7, 11) is 1.33. The van der Waals surface area contributed by atoms with Crippen LogP contribution in [-0.2, 0) is 20.9 Å². The van der Waals surface area contributed by atoms with E-state index in [0.29, 0.717) is 17.9 Å². The molecule has 6 nitrogen and oxygen atoms in total. The number of nitrogens with one attached hydrogen (secondary N) is 1. The minimum atomic E-state index is -2.95. The van der Waals surface area contributed by atoms with Crippen LogP contribution in [0.1, 0.15) is 32.3 Å². The second-order valence-corrected chi connectivity index (χ2v) is 5.73. The molecule has 8 heteroatoms. The van der Waals surface area contributed by atoms with E-state index in [0.717, 1.165) is 0 Å². The lowest BCUT2D eigenvalue weighted by Crippen LogP contribution is -2.28. The van der Waals surface area contributed by atoms with E-state index in [9.17, 15) is 18.4 Å². The molecule has 0 radical (unpaired) electrons. The van der Waals surface area contributed by atoms with Gasteiger partial charge in [-0.05, 0) is 30.0 Å². The van der Waals surface area contributed by atoms with E-state index in [4.69, 9.17) is 9.47 Å². The van der Waals surface area contributed by atoms with Gasteiger partial charge in [-0.1, -0.05) is 19.9 Å². The zero-order valence-electron chi connectivity index (χ0n) is 14.5. The van der Waals surface area contributed by atoms with E-state index in [2.05, 4.69) is 10.1 Å². The third kappa shape index (κ3) is 8.32. The summed E-state index contributed by atoms with van der Waals surface area (Å²) in [5, 5.41) is 2.57. The molecule has 0 atom stereocenters. The third-order valence-corrected chi connectivity index (χ3v) is 3.22. The molecule has 0 aliphatic heterocycles. The molecule has 1 aromatic rings. The van der Waals surface area contributed by atoms with Crippen LogP contribution >= 0.6 is 0 Å². The molecule has 0 aromatic heterocycles. The van der Waals surface area contributed by atoms with Crippen molar-refractivity contribution in [1.82, 2.24) is 5.32 Å². The molecule has 0 fully saturated rings. The summed E-state index contributed by atoms with van der Waals surface area (Å²) in [6.45, 7) is 0.802. The minimum Gasteiger partial charge on any atom is -0.493 e. The third-order valence-electron chi connectivity index (χ3n) is 3.22. The van der Waals surface area contributed by atoms with Crippen molar-refractivity contribution in [2.24, 2.45) is 5.92 Å². The van der Waals surface area contributed by atoms with Crippen molar-refractivity contribution in [3.05, 3.63) is 23.8 Å². The summed E-state index contributed by atoms with van der Waals surface area (Å²) < 4.78 is 38.7. The number of ether oxygens (including phenoxy) is 3. The molecular weight excluding hydrogens is 336 g/mol.